The summed E-state index contributed by atoms with van der Waals surface area (Å²) in [6.45, 7) is 0. The van der Waals surface area contributed by atoms with Crippen LogP contribution in [0, 0.1) is 0 Å². The molecule has 0 aliphatic carbocycles. The Morgan fingerprint density at radius 1 is 1.00 bits per heavy atom. The molecule has 0 N–H and O–H groups in total. The Morgan fingerprint density at radius 3 is 2.50 bits per heavy atom. The highest BCUT2D eigenvalue weighted by molar-refractivity contribution is 8.04. The zero-order valence-corrected chi connectivity index (χ0v) is 11.0. The summed E-state index contributed by atoms with van der Waals surface area (Å²) in [4.78, 5) is 13.9. The molecule has 1 aliphatic rings. The molecule has 1 nitrogen and oxygen atoms in total. The number of carbonyl (C=O) groups excluding carboxylic acids is 1. The van der Waals surface area contributed by atoms with E-state index < -0.39 is 0 Å². The van der Waals surface area contributed by atoms with Gasteiger partial charge in [-0.2, -0.15) is 0 Å². The first-order valence-electron chi connectivity index (χ1n) is 5.53. The van der Waals surface area contributed by atoms with Gasteiger partial charge in [0.15, 0.2) is 0 Å². The van der Waals surface area contributed by atoms with Crippen LogP contribution in [0.2, 0.25) is 5.02 Å². The normalized spacial score (nSPS) is 16.1. The summed E-state index contributed by atoms with van der Waals surface area (Å²) < 4.78 is 0. The van der Waals surface area contributed by atoms with E-state index in [-0.39, 0.29) is 5.78 Å². The lowest BCUT2D eigenvalue weighted by Crippen LogP contribution is -1.93. The van der Waals surface area contributed by atoms with Crippen LogP contribution < -0.4 is 0 Å². The highest BCUT2D eigenvalue weighted by atomic mass is 35.5. The molecule has 0 unspecified atom stereocenters. The standard InChI is InChI=1S/C15H9ClOS/c16-12-7-3-1-5-10(12)9-14-15(17)11-6-2-4-8-13(11)18-14/h1-9H. The fourth-order valence-electron chi connectivity index (χ4n) is 1.87. The third-order valence-corrected chi connectivity index (χ3v) is 4.21. The van der Waals surface area contributed by atoms with Crippen molar-refractivity contribution in [1.82, 2.24) is 0 Å². The molecule has 2 aromatic rings. The second kappa shape index (κ2) is 4.63. The van der Waals surface area contributed by atoms with Gasteiger partial charge in [0, 0.05) is 15.5 Å². The van der Waals surface area contributed by atoms with Crippen LogP contribution in [0.4, 0.5) is 0 Å². The van der Waals surface area contributed by atoms with Gasteiger partial charge in [0.25, 0.3) is 0 Å². The highest BCUT2D eigenvalue weighted by Crippen LogP contribution is 2.40. The Bertz CT molecular complexity index is 661. The summed E-state index contributed by atoms with van der Waals surface area (Å²) in [6.07, 6.45) is 1.86. The first-order chi connectivity index (χ1) is 8.75. The maximum absolute atomic E-state index is 12.2. The number of carbonyl (C=O) groups is 1. The number of benzene rings is 2. The third-order valence-electron chi connectivity index (χ3n) is 2.77. The fourth-order valence-corrected chi connectivity index (χ4v) is 3.10. The third kappa shape index (κ3) is 1.98. The van der Waals surface area contributed by atoms with Crippen LogP contribution >= 0.6 is 23.4 Å². The largest absolute Gasteiger partial charge is 0.288 e. The molecule has 2 aromatic carbocycles. The number of ketones is 1. The van der Waals surface area contributed by atoms with E-state index in [4.69, 9.17) is 11.6 Å². The average molecular weight is 273 g/mol. The van der Waals surface area contributed by atoms with Gasteiger partial charge < -0.3 is 0 Å². The van der Waals surface area contributed by atoms with Crippen LogP contribution in [0.3, 0.4) is 0 Å². The summed E-state index contributed by atoms with van der Waals surface area (Å²) in [5.41, 5.74) is 1.66. The minimum Gasteiger partial charge on any atom is -0.288 e. The number of hydrogen-bond donors (Lipinski definition) is 0. The van der Waals surface area contributed by atoms with Crippen molar-refractivity contribution < 1.29 is 4.79 Å². The number of rotatable bonds is 1. The summed E-state index contributed by atoms with van der Waals surface area (Å²) in [6, 6.07) is 15.2. The van der Waals surface area contributed by atoms with E-state index in [0.29, 0.717) is 5.02 Å². The number of fused-ring (bicyclic) bond motifs is 1. The zero-order valence-electron chi connectivity index (χ0n) is 9.39. The molecule has 18 heavy (non-hydrogen) atoms. The van der Waals surface area contributed by atoms with E-state index >= 15 is 0 Å². The molecular formula is C15H9ClOS. The van der Waals surface area contributed by atoms with Crippen LogP contribution in [-0.2, 0) is 0 Å². The second-order valence-corrected chi connectivity index (χ2v) is 5.45. The Balaban J connectivity index is 2.02. The summed E-state index contributed by atoms with van der Waals surface area (Å²) in [5, 5.41) is 0.661. The van der Waals surface area contributed by atoms with E-state index in [2.05, 4.69) is 0 Å². The fraction of sp³-hybridized carbons (Fsp3) is 0. The minimum atomic E-state index is 0.0792. The van der Waals surface area contributed by atoms with Crippen molar-refractivity contribution in [2.24, 2.45) is 0 Å². The van der Waals surface area contributed by atoms with Crippen LogP contribution in [-0.4, -0.2) is 5.78 Å². The lowest BCUT2D eigenvalue weighted by Gasteiger charge is -1.98. The predicted molar refractivity (Wildman–Crippen MR) is 76.1 cm³/mol. The Hall–Kier alpha value is -1.51. The van der Waals surface area contributed by atoms with E-state index in [0.717, 1.165) is 20.9 Å². The van der Waals surface area contributed by atoms with E-state index in [1.807, 2.05) is 54.6 Å². The Labute approximate surface area is 114 Å². The summed E-state index contributed by atoms with van der Waals surface area (Å²) >= 11 is 7.60. The van der Waals surface area contributed by atoms with Gasteiger partial charge in [0.1, 0.15) is 0 Å². The molecule has 1 heterocycles. The second-order valence-electron chi connectivity index (χ2n) is 3.96. The molecule has 0 atom stereocenters. The van der Waals surface area contributed by atoms with Crippen molar-refractivity contribution in [2.75, 3.05) is 0 Å². The predicted octanol–water partition coefficient (Wildman–Crippen LogP) is 4.67. The number of hydrogen-bond acceptors (Lipinski definition) is 2. The van der Waals surface area contributed by atoms with Crippen LogP contribution in [0.5, 0.6) is 0 Å². The number of halogens is 1. The first kappa shape index (κ1) is 11.6. The Kier molecular flexibility index (Phi) is 2.98. The van der Waals surface area contributed by atoms with E-state index in [1.54, 1.807) is 0 Å². The van der Waals surface area contributed by atoms with Gasteiger partial charge >= 0.3 is 0 Å². The Morgan fingerprint density at radius 2 is 1.72 bits per heavy atom. The molecule has 0 spiro atoms. The molecule has 0 fully saturated rings. The van der Waals surface area contributed by atoms with Crippen molar-refractivity contribution >= 4 is 35.2 Å². The van der Waals surface area contributed by atoms with Gasteiger partial charge in [-0.1, -0.05) is 53.7 Å². The van der Waals surface area contributed by atoms with Crippen molar-refractivity contribution in [3.63, 3.8) is 0 Å². The lowest BCUT2D eigenvalue weighted by atomic mass is 10.1. The summed E-state index contributed by atoms with van der Waals surface area (Å²) in [5.74, 6) is 0.0792. The lowest BCUT2D eigenvalue weighted by molar-refractivity contribution is 0.104. The van der Waals surface area contributed by atoms with Crippen molar-refractivity contribution in [1.29, 1.82) is 0 Å². The van der Waals surface area contributed by atoms with Gasteiger partial charge in [-0.3, -0.25) is 4.79 Å². The monoisotopic (exact) mass is 272 g/mol. The zero-order chi connectivity index (χ0) is 12.5. The molecule has 0 bridgehead atoms. The summed E-state index contributed by atoms with van der Waals surface area (Å²) in [7, 11) is 0. The number of allylic oxidation sites excluding steroid dienone is 1. The van der Waals surface area contributed by atoms with E-state index in [9.17, 15) is 4.79 Å². The highest BCUT2D eigenvalue weighted by Gasteiger charge is 2.25. The van der Waals surface area contributed by atoms with E-state index in [1.165, 1.54) is 11.8 Å². The van der Waals surface area contributed by atoms with Crippen LogP contribution in [0.1, 0.15) is 15.9 Å². The molecule has 0 radical (unpaired) electrons. The van der Waals surface area contributed by atoms with Gasteiger partial charge in [-0.15, -0.1) is 0 Å². The van der Waals surface area contributed by atoms with Gasteiger partial charge in [0.2, 0.25) is 5.78 Å². The van der Waals surface area contributed by atoms with Crippen LogP contribution in [0.15, 0.2) is 58.3 Å². The molecule has 0 saturated carbocycles. The maximum Gasteiger partial charge on any atom is 0.200 e. The maximum atomic E-state index is 12.2. The molecule has 1 aliphatic heterocycles. The van der Waals surface area contributed by atoms with Gasteiger partial charge in [-0.05, 0) is 29.8 Å². The number of thioether (sulfide) groups is 1. The quantitative estimate of drug-likeness (QED) is 0.702. The van der Waals surface area contributed by atoms with Crippen molar-refractivity contribution in [3.05, 3.63) is 69.6 Å². The molecule has 0 amide bonds. The van der Waals surface area contributed by atoms with Gasteiger partial charge in [0.05, 0.1) is 4.91 Å². The molecule has 3 rings (SSSR count). The molecule has 88 valence electrons. The van der Waals surface area contributed by atoms with Crippen molar-refractivity contribution in [2.45, 2.75) is 4.90 Å². The first-order valence-corrected chi connectivity index (χ1v) is 6.73. The molecule has 0 saturated heterocycles. The molecular weight excluding hydrogens is 264 g/mol. The van der Waals surface area contributed by atoms with Crippen molar-refractivity contribution in [3.8, 4) is 0 Å². The average Bonchev–Trinajstić information content (AvgIpc) is 2.70. The topological polar surface area (TPSA) is 17.1 Å². The smallest absolute Gasteiger partial charge is 0.200 e. The van der Waals surface area contributed by atoms with Gasteiger partial charge in [-0.25, -0.2) is 0 Å². The molecule has 0 aromatic heterocycles. The molecule has 3 heteroatoms. The minimum absolute atomic E-state index is 0.0792. The number of Topliss-reactive ketones (excluding diaryl/α,β-unsaturated/α-hetero) is 1. The SMILES string of the molecule is O=C1C(=Cc2ccccc2Cl)Sc2ccccc21. The van der Waals surface area contributed by atoms with Crippen LogP contribution in [0.25, 0.3) is 6.08 Å².